The van der Waals surface area contributed by atoms with E-state index in [1.54, 1.807) is 19.0 Å². The van der Waals surface area contributed by atoms with Crippen molar-refractivity contribution in [1.29, 1.82) is 0 Å². The van der Waals surface area contributed by atoms with Crippen LogP contribution in [0.5, 0.6) is 0 Å². The number of nitrogens with zero attached hydrogens (tertiary/aromatic N) is 4. The Morgan fingerprint density at radius 3 is 2.03 bits per heavy atom. The molecule has 2 aromatic rings. The quantitative estimate of drug-likeness (QED) is 0.491. The summed E-state index contributed by atoms with van der Waals surface area (Å²) in [6.07, 6.45) is 0. The molecular formula is C18H18F2N4O5. The van der Waals surface area contributed by atoms with E-state index in [4.69, 9.17) is 0 Å². The van der Waals surface area contributed by atoms with E-state index in [0.717, 1.165) is 24.3 Å². The number of likely N-dealkylation sites (N-methyl/N-ethyl adjacent to an activating group) is 1. The van der Waals surface area contributed by atoms with Crippen LogP contribution in [0.2, 0.25) is 0 Å². The molecule has 0 N–H and O–H groups in total. The van der Waals surface area contributed by atoms with Crippen molar-refractivity contribution in [3.63, 3.8) is 0 Å². The molecule has 0 aliphatic heterocycles. The number of halogens is 2. The summed E-state index contributed by atoms with van der Waals surface area (Å²) in [6, 6.07) is 5.53. The smallest absolute Gasteiger partial charge is 0.277 e. The molecule has 0 unspecified atom stereocenters. The van der Waals surface area contributed by atoms with Crippen LogP contribution in [-0.2, 0) is 6.54 Å². The summed E-state index contributed by atoms with van der Waals surface area (Å²) in [5, 5.41) is 22.1. The molecule has 9 nitrogen and oxygen atoms in total. The van der Waals surface area contributed by atoms with Gasteiger partial charge in [-0.05, 0) is 20.2 Å². The fraction of sp³-hybridized carbons (Fsp3) is 0.278. The van der Waals surface area contributed by atoms with E-state index in [2.05, 4.69) is 0 Å². The molecule has 0 bridgehead atoms. The van der Waals surface area contributed by atoms with Crippen LogP contribution in [0.25, 0.3) is 0 Å². The monoisotopic (exact) mass is 408 g/mol. The molecule has 2 rings (SSSR count). The van der Waals surface area contributed by atoms with Crippen LogP contribution in [0.1, 0.15) is 15.9 Å². The highest BCUT2D eigenvalue weighted by molar-refractivity contribution is 5.95. The number of benzene rings is 2. The Hall–Kier alpha value is -3.47. The molecule has 2 aromatic carbocycles. The van der Waals surface area contributed by atoms with Gasteiger partial charge in [-0.15, -0.1) is 0 Å². The van der Waals surface area contributed by atoms with Crippen LogP contribution in [0.4, 0.5) is 20.2 Å². The van der Waals surface area contributed by atoms with Crippen molar-refractivity contribution in [1.82, 2.24) is 9.80 Å². The summed E-state index contributed by atoms with van der Waals surface area (Å²) in [7, 11) is 3.50. The highest BCUT2D eigenvalue weighted by atomic mass is 19.1. The van der Waals surface area contributed by atoms with E-state index in [9.17, 15) is 33.8 Å². The van der Waals surface area contributed by atoms with Gasteiger partial charge in [0.1, 0.15) is 11.6 Å². The zero-order valence-corrected chi connectivity index (χ0v) is 15.7. The molecular weight excluding hydrogens is 390 g/mol. The third-order valence-corrected chi connectivity index (χ3v) is 4.05. The van der Waals surface area contributed by atoms with E-state index >= 15 is 0 Å². The molecule has 1 amide bonds. The number of non-ortho nitro benzene ring substituents is 2. The Kier molecular flexibility index (Phi) is 6.89. The number of hydrogen-bond acceptors (Lipinski definition) is 6. The molecule has 0 aromatic heterocycles. The highest BCUT2D eigenvalue weighted by Gasteiger charge is 2.24. The van der Waals surface area contributed by atoms with Gasteiger partial charge in [-0.1, -0.05) is 6.07 Å². The van der Waals surface area contributed by atoms with Crippen LogP contribution in [-0.4, -0.2) is 52.7 Å². The molecule has 29 heavy (non-hydrogen) atoms. The van der Waals surface area contributed by atoms with Crippen molar-refractivity contribution < 1.29 is 23.4 Å². The van der Waals surface area contributed by atoms with Gasteiger partial charge in [0.25, 0.3) is 17.3 Å². The number of hydrogen-bond donors (Lipinski definition) is 0. The van der Waals surface area contributed by atoms with Gasteiger partial charge >= 0.3 is 0 Å². The predicted octanol–water partition coefficient (Wildman–Crippen LogP) is 2.99. The van der Waals surface area contributed by atoms with E-state index in [1.165, 1.54) is 11.0 Å². The van der Waals surface area contributed by atoms with Crippen LogP contribution in [0, 0.1) is 31.9 Å². The Balaban J connectivity index is 2.43. The SMILES string of the molecule is CN(C)CCN(Cc1ccc(F)cc1F)C(=O)c1cc([N+](=O)[O-])cc([N+](=O)[O-])c1. The molecule has 0 atom stereocenters. The van der Waals surface area contributed by atoms with E-state index in [1.807, 2.05) is 0 Å². The first kappa shape index (κ1) is 21.8. The standard InChI is InChI=1S/C18H18F2N4O5/c1-21(2)5-6-22(11-12-3-4-14(19)9-17(12)20)18(25)13-7-15(23(26)27)10-16(8-13)24(28)29/h3-4,7-10H,5-6,11H2,1-2H3. The minimum atomic E-state index is -0.849. The van der Waals surface area contributed by atoms with Crippen LogP contribution in [0.15, 0.2) is 36.4 Å². The van der Waals surface area contributed by atoms with Crippen molar-refractivity contribution in [2.24, 2.45) is 0 Å². The lowest BCUT2D eigenvalue weighted by atomic mass is 10.1. The third-order valence-electron chi connectivity index (χ3n) is 4.05. The van der Waals surface area contributed by atoms with Gasteiger partial charge in [0.2, 0.25) is 0 Å². The third kappa shape index (κ3) is 5.75. The van der Waals surface area contributed by atoms with Gasteiger partial charge in [0, 0.05) is 43.4 Å². The van der Waals surface area contributed by atoms with Crippen molar-refractivity contribution in [3.05, 3.63) is 79.4 Å². The molecule has 0 saturated carbocycles. The average molecular weight is 408 g/mol. The molecule has 0 spiro atoms. The largest absolute Gasteiger partial charge is 0.333 e. The summed E-state index contributed by atoms with van der Waals surface area (Å²) in [6.45, 7) is 0.250. The summed E-state index contributed by atoms with van der Waals surface area (Å²) in [5.41, 5.74) is -1.45. The number of nitro groups is 2. The molecule has 0 fully saturated rings. The van der Waals surface area contributed by atoms with Gasteiger partial charge in [0.05, 0.1) is 21.5 Å². The van der Waals surface area contributed by atoms with Crippen molar-refractivity contribution in [2.75, 3.05) is 27.2 Å². The van der Waals surface area contributed by atoms with Crippen molar-refractivity contribution in [2.45, 2.75) is 6.54 Å². The Morgan fingerprint density at radius 1 is 0.966 bits per heavy atom. The number of carbonyl (C=O) groups is 1. The normalized spacial score (nSPS) is 10.8. The maximum atomic E-state index is 14.0. The minimum Gasteiger partial charge on any atom is -0.333 e. The van der Waals surface area contributed by atoms with Gasteiger partial charge in [0.15, 0.2) is 0 Å². The molecule has 0 radical (unpaired) electrons. The van der Waals surface area contributed by atoms with Gasteiger partial charge in [-0.2, -0.15) is 0 Å². The predicted molar refractivity (Wildman–Crippen MR) is 99.4 cm³/mol. The molecule has 0 aliphatic rings. The Labute approximate surface area is 164 Å². The maximum absolute atomic E-state index is 14.0. The second-order valence-corrected chi connectivity index (χ2v) is 6.52. The zero-order valence-electron chi connectivity index (χ0n) is 15.7. The number of carbonyl (C=O) groups excluding carboxylic acids is 1. The summed E-state index contributed by atoms with van der Waals surface area (Å²) in [4.78, 5) is 36.4. The fourth-order valence-corrected chi connectivity index (χ4v) is 2.54. The van der Waals surface area contributed by atoms with Gasteiger partial charge in [-0.25, -0.2) is 8.78 Å². The van der Waals surface area contributed by atoms with E-state index in [0.29, 0.717) is 12.6 Å². The van der Waals surface area contributed by atoms with Gasteiger partial charge < -0.3 is 9.80 Å². The lowest BCUT2D eigenvalue weighted by Crippen LogP contribution is -2.36. The van der Waals surface area contributed by atoms with E-state index in [-0.39, 0.29) is 24.2 Å². The lowest BCUT2D eigenvalue weighted by molar-refractivity contribution is -0.394. The first-order chi connectivity index (χ1) is 13.6. The fourth-order valence-electron chi connectivity index (χ4n) is 2.54. The first-order valence-electron chi connectivity index (χ1n) is 8.40. The van der Waals surface area contributed by atoms with Crippen LogP contribution < -0.4 is 0 Å². The summed E-state index contributed by atoms with van der Waals surface area (Å²) in [5.74, 6) is -2.37. The second kappa shape index (κ2) is 9.15. The van der Waals surface area contributed by atoms with Crippen molar-refractivity contribution >= 4 is 17.3 Å². The summed E-state index contributed by atoms with van der Waals surface area (Å²) < 4.78 is 27.2. The van der Waals surface area contributed by atoms with Crippen LogP contribution in [0.3, 0.4) is 0 Å². The molecule has 0 heterocycles. The Bertz CT molecular complexity index is 920. The molecule has 11 heteroatoms. The first-order valence-corrected chi connectivity index (χ1v) is 8.40. The molecule has 154 valence electrons. The summed E-state index contributed by atoms with van der Waals surface area (Å²) >= 11 is 0. The molecule has 0 aliphatic carbocycles. The zero-order chi connectivity index (χ0) is 21.7. The van der Waals surface area contributed by atoms with Crippen molar-refractivity contribution in [3.8, 4) is 0 Å². The maximum Gasteiger partial charge on any atom is 0.277 e. The highest BCUT2D eigenvalue weighted by Crippen LogP contribution is 2.24. The Morgan fingerprint density at radius 2 is 1.55 bits per heavy atom. The van der Waals surface area contributed by atoms with Crippen LogP contribution >= 0.6 is 0 Å². The lowest BCUT2D eigenvalue weighted by Gasteiger charge is -2.25. The van der Waals surface area contributed by atoms with Gasteiger partial charge in [-0.3, -0.25) is 25.0 Å². The second-order valence-electron chi connectivity index (χ2n) is 6.52. The number of rotatable bonds is 8. The molecule has 0 saturated heterocycles. The number of nitro benzene ring substituents is 2. The van der Waals surface area contributed by atoms with E-state index < -0.39 is 38.8 Å². The topological polar surface area (TPSA) is 110 Å². The minimum absolute atomic E-state index is 0.0402. The number of amides is 1. The average Bonchev–Trinajstić information content (AvgIpc) is 2.65.